The standard InChI is InChI=1S/C12H21NO3/c1-9(2)8-11(14)13-7-6-10(3)4-5-12(15)16/h8,10H,4-7H2,1-3H3,(H,13,14)(H,15,16). The maximum Gasteiger partial charge on any atom is 0.303 e. The molecule has 0 aliphatic rings. The molecule has 4 nitrogen and oxygen atoms in total. The quantitative estimate of drug-likeness (QED) is 0.653. The van der Waals surface area contributed by atoms with Crippen LogP contribution in [-0.4, -0.2) is 23.5 Å². The molecule has 0 aliphatic carbocycles. The fourth-order valence-corrected chi connectivity index (χ4v) is 1.27. The van der Waals surface area contributed by atoms with Crippen LogP contribution in [0, 0.1) is 5.92 Å². The van der Waals surface area contributed by atoms with E-state index in [9.17, 15) is 9.59 Å². The van der Waals surface area contributed by atoms with Crippen molar-refractivity contribution < 1.29 is 14.7 Å². The third-order valence-corrected chi connectivity index (χ3v) is 2.21. The van der Waals surface area contributed by atoms with Gasteiger partial charge < -0.3 is 10.4 Å². The number of aliphatic carboxylic acids is 1. The molecule has 4 heteroatoms. The highest BCUT2D eigenvalue weighted by Gasteiger charge is 2.05. The summed E-state index contributed by atoms with van der Waals surface area (Å²) in [4.78, 5) is 21.5. The van der Waals surface area contributed by atoms with Gasteiger partial charge in [0.25, 0.3) is 0 Å². The molecule has 0 aromatic carbocycles. The molecule has 16 heavy (non-hydrogen) atoms. The second-order valence-electron chi connectivity index (χ2n) is 4.34. The van der Waals surface area contributed by atoms with Gasteiger partial charge in [-0.15, -0.1) is 0 Å². The number of hydrogen-bond acceptors (Lipinski definition) is 2. The van der Waals surface area contributed by atoms with Crippen molar-refractivity contribution in [3.8, 4) is 0 Å². The average Bonchev–Trinajstić information content (AvgIpc) is 2.13. The van der Waals surface area contributed by atoms with Gasteiger partial charge in [0.1, 0.15) is 0 Å². The third-order valence-electron chi connectivity index (χ3n) is 2.21. The first kappa shape index (κ1) is 14.7. The molecule has 1 unspecified atom stereocenters. The van der Waals surface area contributed by atoms with Crippen LogP contribution in [0.3, 0.4) is 0 Å². The lowest BCUT2D eigenvalue weighted by molar-refractivity contribution is -0.137. The summed E-state index contributed by atoms with van der Waals surface area (Å²) in [6.07, 6.45) is 3.23. The van der Waals surface area contributed by atoms with Crippen molar-refractivity contribution in [1.82, 2.24) is 5.32 Å². The second-order valence-corrected chi connectivity index (χ2v) is 4.34. The van der Waals surface area contributed by atoms with Crippen LogP contribution in [0.15, 0.2) is 11.6 Å². The zero-order valence-electron chi connectivity index (χ0n) is 10.2. The van der Waals surface area contributed by atoms with Gasteiger partial charge >= 0.3 is 5.97 Å². The first-order valence-corrected chi connectivity index (χ1v) is 5.56. The van der Waals surface area contributed by atoms with Crippen LogP contribution in [0.1, 0.15) is 40.0 Å². The van der Waals surface area contributed by atoms with E-state index in [1.54, 1.807) is 6.08 Å². The van der Waals surface area contributed by atoms with Crippen LogP contribution in [-0.2, 0) is 9.59 Å². The molecule has 0 heterocycles. The molecule has 0 spiro atoms. The van der Waals surface area contributed by atoms with Crippen LogP contribution in [0.4, 0.5) is 0 Å². The van der Waals surface area contributed by atoms with Gasteiger partial charge in [0.15, 0.2) is 0 Å². The molecule has 0 rings (SSSR count). The van der Waals surface area contributed by atoms with Gasteiger partial charge in [0, 0.05) is 19.0 Å². The summed E-state index contributed by atoms with van der Waals surface area (Å²) < 4.78 is 0. The molecular weight excluding hydrogens is 206 g/mol. The number of carbonyl (C=O) groups is 2. The number of carboxylic acids is 1. The van der Waals surface area contributed by atoms with Crippen molar-refractivity contribution >= 4 is 11.9 Å². The van der Waals surface area contributed by atoms with Crippen molar-refractivity contribution in [2.45, 2.75) is 40.0 Å². The topological polar surface area (TPSA) is 66.4 Å². The normalized spacial score (nSPS) is 11.7. The lowest BCUT2D eigenvalue weighted by Gasteiger charge is -2.09. The van der Waals surface area contributed by atoms with Crippen molar-refractivity contribution in [2.24, 2.45) is 5.92 Å². The number of hydrogen-bond donors (Lipinski definition) is 2. The summed E-state index contributed by atoms with van der Waals surface area (Å²) in [5.41, 5.74) is 0.969. The fraction of sp³-hybridized carbons (Fsp3) is 0.667. The Balaban J connectivity index is 3.62. The smallest absolute Gasteiger partial charge is 0.303 e. The molecule has 0 saturated carbocycles. The number of allylic oxidation sites excluding steroid dienone is 1. The van der Waals surface area contributed by atoms with E-state index >= 15 is 0 Å². The number of rotatable bonds is 7. The lowest BCUT2D eigenvalue weighted by atomic mass is 10.0. The first-order chi connectivity index (χ1) is 7.41. The van der Waals surface area contributed by atoms with E-state index in [0.717, 1.165) is 12.0 Å². The van der Waals surface area contributed by atoms with Crippen LogP contribution >= 0.6 is 0 Å². The SMILES string of the molecule is CC(C)=CC(=O)NCCC(C)CCC(=O)O. The monoisotopic (exact) mass is 227 g/mol. The zero-order chi connectivity index (χ0) is 12.6. The number of carbonyl (C=O) groups excluding carboxylic acids is 1. The van der Waals surface area contributed by atoms with Gasteiger partial charge in [-0.25, -0.2) is 0 Å². The average molecular weight is 227 g/mol. The Hall–Kier alpha value is -1.32. The molecule has 0 aromatic heterocycles. The minimum absolute atomic E-state index is 0.0783. The van der Waals surface area contributed by atoms with E-state index in [1.807, 2.05) is 20.8 Å². The number of nitrogens with one attached hydrogen (secondary N) is 1. The van der Waals surface area contributed by atoms with Gasteiger partial charge in [0.05, 0.1) is 0 Å². The van der Waals surface area contributed by atoms with Crippen molar-refractivity contribution in [1.29, 1.82) is 0 Å². The van der Waals surface area contributed by atoms with Crippen molar-refractivity contribution in [3.05, 3.63) is 11.6 Å². The van der Waals surface area contributed by atoms with E-state index in [4.69, 9.17) is 5.11 Å². The fourth-order valence-electron chi connectivity index (χ4n) is 1.27. The van der Waals surface area contributed by atoms with E-state index in [-0.39, 0.29) is 12.3 Å². The highest BCUT2D eigenvalue weighted by Crippen LogP contribution is 2.08. The molecule has 92 valence electrons. The zero-order valence-corrected chi connectivity index (χ0v) is 10.2. The minimum atomic E-state index is -0.763. The van der Waals surface area contributed by atoms with Gasteiger partial charge in [-0.1, -0.05) is 12.5 Å². The molecular formula is C12H21NO3. The minimum Gasteiger partial charge on any atom is -0.481 e. The molecule has 1 amide bonds. The summed E-state index contributed by atoms with van der Waals surface area (Å²) in [6.45, 7) is 6.34. The second kappa shape index (κ2) is 7.91. The Morgan fingerprint density at radius 2 is 1.94 bits per heavy atom. The Morgan fingerprint density at radius 3 is 2.44 bits per heavy atom. The lowest BCUT2D eigenvalue weighted by Crippen LogP contribution is -2.23. The Bertz CT molecular complexity index is 267. The summed E-state index contributed by atoms with van der Waals surface area (Å²) in [6, 6.07) is 0. The van der Waals surface area contributed by atoms with E-state index in [2.05, 4.69) is 5.32 Å². The molecule has 0 fully saturated rings. The maximum absolute atomic E-state index is 11.2. The molecule has 0 aromatic rings. The molecule has 0 radical (unpaired) electrons. The summed E-state index contributed by atoms with van der Waals surface area (Å²) >= 11 is 0. The van der Waals surface area contributed by atoms with E-state index < -0.39 is 5.97 Å². The van der Waals surface area contributed by atoms with Gasteiger partial charge in [-0.05, 0) is 32.6 Å². The molecule has 1 atom stereocenters. The van der Waals surface area contributed by atoms with Crippen LogP contribution < -0.4 is 5.32 Å². The summed E-state index contributed by atoms with van der Waals surface area (Å²) in [5.74, 6) is -0.519. The molecule has 2 N–H and O–H groups in total. The van der Waals surface area contributed by atoms with Gasteiger partial charge in [-0.2, -0.15) is 0 Å². The Morgan fingerprint density at radius 1 is 1.31 bits per heavy atom. The number of carboxylic acid groups (broad SMARTS) is 1. The Kier molecular flexibility index (Phi) is 7.25. The number of amides is 1. The van der Waals surface area contributed by atoms with Crippen molar-refractivity contribution in [2.75, 3.05) is 6.54 Å². The van der Waals surface area contributed by atoms with Crippen LogP contribution in [0.5, 0.6) is 0 Å². The Labute approximate surface area is 96.7 Å². The van der Waals surface area contributed by atoms with E-state index in [1.165, 1.54) is 0 Å². The van der Waals surface area contributed by atoms with Crippen LogP contribution in [0.2, 0.25) is 0 Å². The highest BCUT2D eigenvalue weighted by atomic mass is 16.4. The third kappa shape index (κ3) is 9.24. The van der Waals surface area contributed by atoms with Crippen molar-refractivity contribution in [3.63, 3.8) is 0 Å². The predicted octanol–water partition coefficient (Wildman–Crippen LogP) is 1.96. The van der Waals surface area contributed by atoms with E-state index in [0.29, 0.717) is 18.9 Å². The van der Waals surface area contributed by atoms with Gasteiger partial charge in [0.2, 0.25) is 5.91 Å². The molecule has 0 saturated heterocycles. The first-order valence-electron chi connectivity index (χ1n) is 5.56. The molecule has 0 bridgehead atoms. The molecule has 0 aliphatic heterocycles. The highest BCUT2D eigenvalue weighted by molar-refractivity contribution is 5.87. The maximum atomic E-state index is 11.2. The predicted molar refractivity (Wildman–Crippen MR) is 63.1 cm³/mol. The summed E-state index contributed by atoms with van der Waals surface area (Å²) in [5, 5.41) is 11.3. The van der Waals surface area contributed by atoms with Crippen LogP contribution in [0.25, 0.3) is 0 Å². The largest absolute Gasteiger partial charge is 0.481 e. The summed E-state index contributed by atoms with van der Waals surface area (Å²) in [7, 11) is 0. The van der Waals surface area contributed by atoms with Gasteiger partial charge in [-0.3, -0.25) is 9.59 Å².